The van der Waals surface area contributed by atoms with Crippen LogP contribution < -0.4 is 9.47 Å². The van der Waals surface area contributed by atoms with E-state index in [2.05, 4.69) is 38.1 Å². The fourth-order valence-corrected chi connectivity index (χ4v) is 4.50. The normalized spacial score (nSPS) is 18.1. The quantitative estimate of drug-likeness (QED) is 0.300. The van der Waals surface area contributed by atoms with Crippen LogP contribution in [0.15, 0.2) is 48.5 Å². The van der Waals surface area contributed by atoms with Crippen molar-refractivity contribution in [2.75, 3.05) is 33.5 Å². The van der Waals surface area contributed by atoms with Crippen molar-refractivity contribution < 1.29 is 28.5 Å². The van der Waals surface area contributed by atoms with E-state index in [-0.39, 0.29) is 35.6 Å². The largest absolute Gasteiger partial charge is 0.491 e. The van der Waals surface area contributed by atoms with E-state index in [0.717, 1.165) is 37.2 Å². The summed E-state index contributed by atoms with van der Waals surface area (Å²) >= 11 is 0. The maximum Gasteiger partial charge on any atom is 0.309 e. The highest BCUT2D eigenvalue weighted by Gasteiger charge is 2.29. The zero-order chi connectivity index (χ0) is 25.3. The Morgan fingerprint density at radius 1 is 0.743 bits per heavy atom. The summed E-state index contributed by atoms with van der Waals surface area (Å²) in [5.74, 6) is 1.62. The molecule has 0 radical (unpaired) electrons. The van der Waals surface area contributed by atoms with Crippen LogP contribution in [0, 0.1) is 11.8 Å². The van der Waals surface area contributed by atoms with Crippen LogP contribution in [0.5, 0.6) is 11.5 Å². The summed E-state index contributed by atoms with van der Waals surface area (Å²) in [5.41, 5.74) is 2.18. The predicted octanol–water partition coefficient (Wildman–Crippen LogP) is 5.36. The van der Waals surface area contributed by atoms with Gasteiger partial charge in [0.15, 0.2) is 0 Å². The molecule has 1 aliphatic rings. The standard InChI is InChI=1S/C29H38O6/c1-21(30)22-5-7-23(8-6-22)28(31)35-20-19-34-27-15-11-25(12-16-27)29(2,3)24-9-13-26(14-10-24)33-18-17-32-4/h9-16,22-23H,5-8,17-20H2,1-4H3. The molecule has 0 N–H and O–H groups in total. The molecule has 190 valence electrons. The van der Waals surface area contributed by atoms with Gasteiger partial charge >= 0.3 is 5.97 Å². The average molecular weight is 483 g/mol. The summed E-state index contributed by atoms with van der Waals surface area (Å²) in [6.45, 7) is 7.63. The molecule has 2 aromatic rings. The molecule has 35 heavy (non-hydrogen) atoms. The Morgan fingerprint density at radius 2 is 1.20 bits per heavy atom. The third kappa shape index (κ3) is 7.56. The van der Waals surface area contributed by atoms with Crippen LogP contribution in [-0.4, -0.2) is 45.3 Å². The second kappa shape index (κ2) is 12.7. The monoisotopic (exact) mass is 482 g/mol. The van der Waals surface area contributed by atoms with Crippen molar-refractivity contribution >= 4 is 11.8 Å². The topological polar surface area (TPSA) is 71.1 Å². The fraction of sp³-hybridized carbons (Fsp3) is 0.517. The zero-order valence-corrected chi connectivity index (χ0v) is 21.4. The van der Waals surface area contributed by atoms with Crippen LogP contribution in [0.4, 0.5) is 0 Å². The molecule has 0 unspecified atom stereocenters. The molecule has 0 spiro atoms. The summed E-state index contributed by atoms with van der Waals surface area (Å²) in [6.07, 6.45) is 3.01. The molecule has 3 rings (SSSR count). The van der Waals surface area contributed by atoms with Crippen LogP contribution in [0.2, 0.25) is 0 Å². The Morgan fingerprint density at radius 3 is 1.66 bits per heavy atom. The minimum Gasteiger partial charge on any atom is -0.491 e. The van der Waals surface area contributed by atoms with Crippen molar-refractivity contribution in [2.45, 2.75) is 51.9 Å². The first kappa shape index (κ1) is 26.7. The number of esters is 1. The van der Waals surface area contributed by atoms with Gasteiger partial charge in [-0.05, 0) is 68.0 Å². The first-order valence-electron chi connectivity index (χ1n) is 12.4. The van der Waals surface area contributed by atoms with Crippen molar-refractivity contribution in [3.05, 3.63) is 59.7 Å². The third-order valence-electron chi connectivity index (χ3n) is 6.94. The summed E-state index contributed by atoms with van der Waals surface area (Å²) in [6, 6.07) is 16.2. The predicted molar refractivity (Wildman–Crippen MR) is 135 cm³/mol. The van der Waals surface area contributed by atoms with Gasteiger partial charge in [0.1, 0.15) is 37.1 Å². The van der Waals surface area contributed by atoms with Gasteiger partial charge in [0.25, 0.3) is 0 Å². The van der Waals surface area contributed by atoms with Gasteiger partial charge in [-0.25, -0.2) is 0 Å². The van der Waals surface area contributed by atoms with Crippen molar-refractivity contribution in [3.63, 3.8) is 0 Å². The summed E-state index contributed by atoms with van der Waals surface area (Å²) < 4.78 is 21.9. The van der Waals surface area contributed by atoms with Gasteiger partial charge in [-0.3, -0.25) is 9.59 Å². The number of methoxy groups -OCH3 is 1. The van der Waals surface area contributed by atoms with Crippen molar-refractivity contribution in [2.24, 2.45) is 11.8 Å². The Kier molecular flexibility index (Phi) is 9.73. The minimum absolute atomic E-state index is 0.0990. The Labute approximate surface area is 208 Å². The Balaban J connectivity index is 1.44. The first-order valence-corrected chi connectivity index (χ1v) is 12.4. The molecule has 2 aromatic carbocycles. The minimum atomic E-state index is -0.180. The van der Waals surface area contributed by atoms with E-state index in [1.54, 1.807) is 14.0 Å². The molecule has 0 heterocycles. The molecule has 0 bridgehead atoms. The highest BCUT2D eigenvalue weighted by Crippen LogP contribution is 2.33. The maximum atomic E-state index is 12.3. The van der Waals surface area contributed by atoms with Gasteiger partial charge in [-0.2, -0.15) is 0 Å². The SMILES string of the molecule is COCCOc1ccc(C(C)(C)c2ccc(OCCOC(=O)C3CCC(C(C)=O)CC3)cc2)cc1. The van der Waals surface area contributed by atoms with Crippen LogP contribution >= 0.6 is 0 Å². The fourth-order valence-electron chi connectivity index (χ4n) is 4.50. The first-order chi connectivity index (χ1) is 16.8. The smallest absolute Gasteiger partial charge is 0.309 e. The van der Waals surface area contributed by atoms with E-state index in [9.17, 15) is 9.59 Å². The number of carbonyl (C=O) groups excluding carboxylic acids is 2. The number of carbonyl (C=O) groups is 2. The molecule has 6 nitrogen and oxygen atoms in total. The van der Waals surface area contributed by atoms with Crippen LogP contribution in [-0.2, 0) is 24.5 Å². The Bertz CT molecular complexity index is 940. The number of rotatable bonds is 12. The lowest BCUT2D eigenvalue weighted by atomic mass is 9.78. The third-order valence-corrected chi connectivity index (χ3v) is 6.94. The second-order valence-electron chi connectivity index (χ2n) is 9.69. The molecular formula is C29H38O6. The van der Waals surface area contributed by atoms with Gasteiger partial charge in [0, 0.05) is 18.4 Å². The van der Waals surface area contributed by atoms with Gasteiger partial charge in [-0.15, -0.1) is 0 Å². The van der Waals surface area contributed by atoms with Crippen LogP contribution in [0.25, 0.3) is 0 Å². The van der Waals surface area contributed by atoms with E-state index in [0.29, 0.717) is 19.8 Å². The Hall–Kier alpha value is -2.86. The second-order valence-corrected chi connectivity index (χ2v) is 9.69. The van der Waals surface area contributed by atoms with Gasteiger partial charge in [-0.1, -0.05) is 38.1 Å². The number of benzene rings is 2. The van der Waals surface area contributed by atoms with E-state index >= 15 is 0 Å². The molecule has 0 amide bonds. The number of hydrogen-bond acceptors (Lipinski definition) is 6. The molecule has 0 aliphatic heterocycles. The molecule has 0 saturated heterocycles. The van der Waals surface area contributed by atoms with E-state index in [1.165, 1.54) is 11.1 Å². The van der Waals surface area contributed by atoms with Crippen molar-refractivity contribution in [3.8, 4) is 11.5 Å². The van der Waals surface area contributed by atoms with Gasteiger partial charge in [0.05, 0.1) is 12.5 Å². The zero-order valence-electron chi connectivity index (χ0n) is 21.4. The highest BCUT2D eigenvalue weighted by atomic mass is 16.6. The summed E-state index contributed by atoms with van der Waals surface area (Å²) in [7, 11) is 1.66. The number of ketones is 1. The molecular weight excluding hydrogens is 444 g/mol. The molecule has 6 heteroatoms. The molecule has 1 saturated carbocycles. The van der Waals surface area contributed by atoms with E-state index in [1.807, 2.05) is 24.3 Å². The van der Waals surface area contributed by atoms with Gasteiger partial charge < -0.3 is 18.9 Å². The number of hydrogen-bond donors (Lipinski definition) is 0. The lowest BCUT2D eigenvalue weighted by Gasteiger charge is -2.26. The van der Waals surface area contributed by atoms with Crippen molar-refractivity contribution in [1.29, 1.82) is 0 Å². The lowest BCUT2D eigenvalue weighted by Crippen LogP contribution is -2.27. The summed E-state index contributed by atoms with van der Waals surface area (Å²) in [4.78, 5) is 23.8. The maximum absolute atomic E-state index is 12.3. The molecule has 1 fully saturated rings. The molecule has 0 aromatic heterocycles. The lowest BCUT2D eigenvalue weighted by molar-refractivity contribution is -0.151. The molecule has 0 atom stereocenters. The van der Waals surface area contributed by atoms with Gasteiger partial charge in [0.2, 0.25) is 0 Å². The van der Waals surface area contributed by atoms with Crippen LogP contribution in [0.1, 0.15) is 57.6 Å². The number of Topliss-reactive ketones (excluding diaryl/α,β-unsaturated/α-hetero) is 1. The van der Waals surface area contributed by atoms with E-state index in [4.69, 9.17) is 18.9 Å². The van der Waals surface area contributed by atoms with E-state index < -0.39 is 0 Å². The summed E-state index contributed by atoms with van der Waals surface area (Å²) in [5, 5.41) is 0. The molecule has 1 aliphatic carbocycles. The highest BCUT2D eigenvalue weighted by molar-refractivity contribution is 5.79. The average Bonchev–Trinajstić information content (AvgIpc) is 2.87. The number of ether oxygens (including phenoxy) is 4. The van der Waals surface area contributed by atoms with Crippen molar-refractivity contribution in [1.82, 2.24) is 0 Å². The van der Waals surface area contributed by atoms with Crippen LogP contribution in [0.3, 0.4) is 0 Å².